The van der Waals surface area contributed by atoms with Gasteiger partial charge < -0.3 is 15.4 Å². The average molecular weight is 271 g/mol. The van der Waals surface area contributed by atoms with E-state index in [0.29, 0.717) is 17.9 Å². The molecule has 0 aromatic carbocycles. The number of hydrogen-bond acceptors (Lipinski definition) is 2. The van der Waals surface area contributed by atoms with Crippen LogP contribution in [0.5, 0.6) is 0 Å². The first kappa shape index (κ1) is 18.2. The Morgan fingerprint density at radius 1 is 1.16 bits per heavy atom. The van der Waals surface area contributed by atoms with E-state index in [-0.39, 0.29) is 0 Å². The van der Waals surface area contributed by atoms with Crippen LogP contribution in [0.2, 0.25) is 0 Å². The highest BCUT2D eigenvalue weighted by atomic mass is 16.5. The summed E-state index contributed by atoms with van der Waals surface area (Å²) in [6.07, 6.45) is 0.972. The molecule has 0 aromatic rings. The summed E-state index contributed by atoms with van der Waals surface area (Å²) < 4.78 is 5.55. The van der Waals surface area contributed by atoms with Gasteiger partial charge in [-0.2, -0.15) is 0 Å². The van der Waals surface area contributed by atoms with Crippen LogP contribution in [0.1, 0.15) is 48.0 Å². The van der Waals surface area contributed by atoms with E-state index in [1.54, 1.807) is 0 Å². The minimum Gasteiger partial charge on any atom is -0.381 e. The lowest BCUT2D eigenvalue weighted by atomic mass is 10.1. The lowest BCUT2D eigenvalue weighted by Crippen LogP contribution is -2.44. The number of hydrogen-bond donors (Lipinski definition) is 2. The Morgan fingerprint density at radius 3 is 2.37 bits per heavy atom. The fourth-order valence-corrected chi connectivity index (χ4v) is 1.38. The molecule has 0 rings (SSSR count). The normalized spacial score (nSPS) is 14.0. The van der Waals surface area contributed by atoms with Crippen molar-refractivity contribution >= 4 is 5.96 Å². The summed E-state index contributed by atoms with van der Waals surface area (Å²) in [4.78, 5) is 4.57. The number of guanidine groups is 1. The standard InChI is InChI=1S/C15H33N3O/c1-7-16-15(18-14(6)13(4)5)17-9-8-10-19-11-12(2)3/h12-14H,7-11H2,1-6H3,(H2,16,17,18). The van der Waals surface area contributed by atoms with E-state index in [1.165, 1.54) is 0 Å². The molecule has 19 heavy (non-hydrogen) atoms. The smallest absolute Gasteiger partial charge is 0.191 e. The highest BCUT2D eigenvalue weighted by Gasteiger charge is 2.08. The molecule has 1 atom stereocenters. The summed E-state index contributed by atoms with van der Waals surface area (Å²) in [5.74, 6) is 2.11. The predicted molar refractivity (Wildman–Crippen MR) is 83.7 cm³/mol. The number of rotatable bonds is 9. The zero-order chi connectivity index (χ0) is 14.7. The van der Waals surface area contributed by atoms with Crippen molar-refractivity contribution in [2.45, 2.75) is 54.0 Å². The van der Waals surface area contributed by atoms with E-state index in [1.807, 2.05) is 0 Å². The van der Waals surface area contributed by atoms with Gasteiger partial charge in [0.05, 0.1) is 0 Å². The van der Waals surface area contributed by atoms with Crippen LogP contribution in [0.4, 0.5) is 0 Å². The quantitative estimate of drug-likeness (QED) is 0.385. The summed E-state index contributed by atoms with van der Waals surface area (Å²) >= 11 is 0. The van der Waals surface area contributed by atoms with E-state index < -0.39 is 0 Å². The first-order valence-electron chi connectivity index (χ1n) is 7.59. The van der Waals surface area contributed by atoms with E-state index in [2.05, 4.69) is 57.2 Å². The molecule has 0 bridgehead atoms. The number of nitrogens with zero attached hydrogens (tertiary/aromatic N) is 1. The summed E-state index contributed by atoms with van der Waals surface area (Å²) in [5.41, 5.74) is 0. The van der Waals surface area contributed by atoms with Gasteiger partial charge in [0.1, 0.15) is 0 Å². The number of ether oxygens (including phenoxy) is 1. The van der Waals surface area contributed by atoms with Crippen molar-refractivity contribution < 1.29 is 4.74 Å². The lowest BCUT2D eigenvalue weighted by molar-refractivity contribution is 0.109. The second kappa shape index (κ2) is 11.1. The van der Waals surface area contributed by atoms with Gasteiger partial charge in [0.2, 0.25) is 0 Å². The highest BCUT2D eigenvalue weighted by molar-refractivity contribution is 5.80. The third kappa shape index (κ3) is 10.8. The Kier molecular flexibility index (Phi) is 10.6. The fraction of sp³-hybridized carbons (Fsp3) is 0.933. The molecule has 4 nitrogen and oxygen atoms in total. The Morgan fingerprint density at radius 2 is 1.84 bits per heavy atom. The molecular weight excluding hydrogens is 238 g/mol. The molecule has 1 unspecified atom stereocenters. The molecule has 0 aliphatic heterocycles. The van der Waals surface area contributed by atoms with Gasteiger partial charge in [-0.1, -0.05) is 27.7 Å². The summed E-state index contributed by atoms with van der Waals surface area (Å²) in [6, 6.07) is 0.426. The second-order valence-corrected chi connectivity index (χ2v) is 5.76. The minimum absolute atomic E-state index is 0.426. The second-order valence-electron chi connectivity index (χ2n) is 5.76. The molecule has 2 N–H and O–H groups in total. The van der Waals surface area contributed by atoms with Gasteiger partial charge >= 0.3 is 0 Å². The molecule has 4 heteroatoms. The van der Waals surface area contributed by atoms with Crippen molar-refractivity contribution in [3.05, 3.63) is 0 Å². The molecule has 0 amide bonds. The van der Waals surface area contributed by atoms with Crippen LogP contribution >= 0.6 is 0 Å². The molecule has 0 fully saturated rings. The van der Waals surface area contributed by atoms with E-state index in [4.69, 9.17) is 4.74 Å². The Balaban J connectivity index is 3.92. The molecule has 0 aliphatic rings. The fourth-order valence-electron chi connectivity index (χ4n) is 1.38. The summed E-state index contributed by atoms with van der Waals surface area (Å²) in [6.45, 7) is 16.3. The van der Waals surface area contributed by atoms with Gasteiger partial charge in [0.25, 0.3) is 0 Å². The third-order valence-corrected chi connectivity index (χ3v) is 2.88. The molecule has 0 spiro atoms. The molecule has 0 radical (unpaired) electrons. The molecule has 0 saturated carbocycles. The number of nitrogens with one attached hydrogen (secondary N) is 2. The topological polar surface area (TPSA) is 45.7 Å². The van der Waals surface area contributed by atoms with Gasteiger partial charge in [-0.25, -0.2) is 0 Å². The van der Waals surface area contributed by atoms with Crippen molar-refractivity contribution in [3.63, 3.8) is 0 Å². The van der Waals surface area contributed by atoms with E-state index in [9.17, 15) is 0 Å². The van der Waals surface area contributed by atoms with Crippen LogP contribution in [0.25, 0.3) is 0 Å². The molecule has 0 saturated heterocycles. The van der Waals surface area contributed by atoms with Crippen LogP contribution in [0.15, 0.2) is 4.99 Å². The summed E-state index contributed by atoms with van der Waals surface area (Å²) in [5, 5.41) is 6.70. The van der Waals surface area contributed by atoms with Crippen LogP contribution < -0.4 is 10.6 Å². The summed E-state index contributed by atoms with van der Waals surface area (Å²) in [7, 11) is 0. The lowest BCUT2D eigenvalue weighted by Gasteiger charge is -2.20. The maximum absolute atomic E-state index is 5.55. The molecule has 0 aromatic heterocycles. The monoisotopic (exact) mass is 271 g/mol. The van der Waals surface area contributed by atoms with Crippen molar-refractivity contribution in [1.82, 2.24) is 10.6 Å². The van der Waals surface area contributed by atoms with Crippen LogP contribution in [0.3, 0.4) is 0 Å². The number of aliphatic imine (C=N–C) groups is 1. The Labute approximate surface area is 119 Å². The SMILES string of the molecule is CCNC(=NCCCOCC(C)C)NC(C)C(C)C. The average Bonchev–Trinajstić information content (AvgIpc) is 2.33. The highest BCUT2D eigenvalue weighted by Crippen LogP contribution is 1.99. The zero-order valence-electron chi connectivity index (χ0n) is 13.6. The van der Waals surface area contributed by atoms with Gasteiger partial charge in [-0.15, -0.1) is 0 Å². The molecule has 0 aliphatic carbocycles. The maximum atomic E-state index is 5.55. The van der Waals surface area contributed by atoms with Crippen LogP contribution in [-0.2, 0) is 4.74 Å². The minimum atomic E-state index is 0.426. The van der Waals surface area contributed by atoms with E-state index >= 15 is 0 Å². The van der Waals surface area contributed by atoms with Crippen molar-refractivity contribution in [1.29, 1.82) is 0 Å². The zero-order valence-corrected chi connectivity index (χ0v) is 13.6. The van der Waals surface area contributed by atoms with Crippen LogP contribution in [-0.4, -0.2) is 38.3 Å². The van der Waals surface area contributed by atoms with Gasteiger partial charge in [0.15, 0.2) is 5.96 Å². The molecule has 114 valence electrons. The Hall–Kier alpha value is -0.770. The third-order valence-electron chi connectivity index (χ3n) is 2.88. The van der Waals surface area contributed by atoms with Gasteiger partial charge in [-0.05, 0) is 32.1 Å². The molecular formula is C15H33N3O. The largest absolute Gasteiger partial charge is 0.381 e. The van der Waals surface area contributed by atoms with Crippen molar-refractivity contribution in [3.8, 4) is 0 Å². The first-order chi connectivity index (χ1) is 8.97. The maximum Gasteiger partial charge on any atom is 0.191 e. The van der Waals surface area contributed by atoms with E-state index in [0.717, 1.165) is 38.7 Å². The van der Waals surface area contributed by atoms with Crippen LogP contribution in [0, 0.1) is 11.8 Å². The van der Waals surface area contributed by atoms with Crippen molar-refractivity contribution in [2.24, 2.45) is 16.8 Å². The van der Waals surface area contributed by atoms with Crippen molar-refractivity contribution in [2.75, 3.05) is 26.3 Å². The first-order valence-corrected chi connectivity index (χ1v) is 7.59. The molecule has 0 heterocycles. The van der Waals surface area contributed by atoms with Gasteiger partial charge in [-0.3, -0.25) is 4.99 Å². The predicted octanol–water partition coefficient (Wildman–Crippen LogP) is 2.65. The van der Waals surface area contributed by atoms with Gasteiger partial charge in [0, 0.05) is 32.3 Å². The Bertz CT molecular complexity index is 240.